The van der Waals surface area contributed by atoms with Crippen LogP contribution in [0.4, 0.5) is 8.78 Å². The standard InChI is InChI=1S/C11H13BrF2/c1-2-3-8-11(13,14)9-4-6-10(12)7-5-9/h4-7H,2-3,8H2,1H3. The fourth-order valence-electron chi connectivity index (χ4n) is 1.24. The van der Waals surface area contributed by atoms with Gasteiger partial charge in [0.25, 0.3) is 5.92 Å². The lowest BCUT2D eigenvalue weighted by atomic mass is 10.0. The van der Waals surface area contributed by atoms with Crippen molar-refractivity contribution in [3.05, 3.63) is 34.3 Å². The lowest BCUT2D eigenvalue weighted by molar-refractivity contribution is -0.0154. The largest absolute Gasteiger partial charge is 0.273 e. The van der Waals surface area contributed by atoms with Gasteiger partial charge in [-0.1, -0.05) is 41.4 Å². The minimum atomic E-state index is -2.68. The summed E-state index contributed by atoms with van der Waals surface area (Å²) < 4.78 is 27.7. The molecule has 0 amide bonds. The first-order valence-electron chi connectivity index (χ1n) is 4.70. The quantitative estimate of drug-likeness (QED) is 0.736. The average Bonchev–Trinajstić information content (AvgIpc) is 2.16. The average molecular weight is 263 g/mol. The molecule has 0 radical (unpaired) electrons. The monoisotopic (exact) mass is 262 g/mol. The van der Waals surface area contributed by atoms with Crippen LogP contribution in [0.3, 0.4) is 0 Å². The van der Waals surface area contributed by atoms with Gasteiger partial charge in [0, 0.05) is 16.5 Å². The second kappa shape index (κ2) is 4.87. The molecule has 78 valence electrons. The van der Waals surface area contributed by atoms with Crippen molar-refractivity contribution in [2.45, 2.75) is 32.1 Å². The molecule has 0 heterocycles. The summed E-state index contributed by atoms with van der Waals surface area (Å²) in [5, 5.41) is 0. The summed E-state index contributed by atoms with van der Waals surface area (Å²) in [4.78, 5) is 0. The summed E-state index contributed by atoms with van der Waals surface area (Å²) in [6.07, 6.45) is 1.29. The highest BCUT2D eigenvalue weighted by Gasteiger charge is 2.30. The molecule has 0 aliphatic heterocycles. The second-order valence-electron chi connectivity index (χ2n) is 3.31. The molecule has 0 aromatic heterocycles. The van der Waals surface area contributed by atoms with Gasteiger partial charge in [-0.25, -0.2) is 8.78 Å². The Labute approximate surface area is 91.5 Å². The number of unbranched alkanes of at least 4 members (excludes halogenated alkanes) is 1. The minimum Gasteiger partial charge on any atom is -0.201 e. The van der Waals surface area contributed by atoms with Crippen LogP contribution in [0.25, 0.3) is 0 Å². The summed E-state index contributed by atoms with van der Waals surface area (Å²) in [6, 6.07) is 6.24. The third-order valence-corrected chi connectivity index (χ3v) is 2.64. The molecular weight excluding hydrogens is 250 g/mol. The summed E-state index contributed by atoms with van der Waals surface area (Å²) in [5.74, 6) is -2.68. The molecule has 0 atom stereocenters. The van der Waals surface area contributed by atoms with Crippen molar-refractivity contribution in [3.8, 4) is 0 Å². The van der Waals surface area contributed by atoms with E-state index in [1.165, 1.54) is 12.1 Å². The second-order valence-corrected chi connectivity index (χ2v) is 4.23. The normalized spacial score (nSPS) is 11.7. The maximum absolute atomic E-state index is 13.5. The van der Waals surface area contributed by atoms with E-state index in [1.54, 1.807) is 12.1 Å². The van der Waals surface area contributed by atoms with Crippen molar-refractivity contribution in [2.24, 2.45) is 0 Å². The molecule has 1 rings (SSSR count). The van der Waals surface area contributed by atoms with Crippen molar-refractivity contribution in [1.82, 2.24) is 0 Å². The zero-order valence-electron chi connectivity index (χ0n) is 8.06. The maximum Gasteiger partial charge on any atom is 0.273 e. The molecule has 0 aliphatic rings. The lowest BCUT2D eigenvalue weighted by Gasteiger charge is -2.16. The van der Waals surface area contributed by atoms with Gasteiger partial charge in [-0.2, -0.15) is 0 Å². The molecule has 0 nitrogen and oxygen atoms in total. The van der Waals surface area contributed by atoms with E-state index < -0.39 is 5.92 Å². The van der Waals surface area contributed by atoms with Crippen molar-refractivity contribution >= 4 is 15.9 Å². The van der Waals surface area contributed by atoms with Gasteiger partial charge in [0.1, 0.15) is 0 Å². The highest BCUT2D eigenvalue weighted by Crippen LogP contribution is 2.33. The van der Waals surface area contributed by atoms with E-state index >= 15 is 0 Å². The molecule has 1 aromatic carbocycles. The highest BCUT2D eigenvalue weighted by molar-refractivity contribution is 9.10. The van der Waals surface area contributed by atoms with Crippen LogP contribution >= 0.6 is 15.9 Å². The first-order chi connectivity index (χ1) is 6.56. The van der Waals surface area contributed by atoms with E-state index in [0.717, 1.165) is 10.9 Å². The first kappa shape index (κ1) is 11.6. The molecule has 0 fully saturated rings. The number of rotatable bonds is 4. The SMILES string of the molecule is CCCCC(F)(F)c1ccc(Br)cc1. The number of benzene rings is 1. The Hall–Kier alpha value is -0.440. The molecule has 14 heavy (non-hydrogen) atoms. The fraction of sp³-hybridized carbons (Fsp3) is 0.455. The van der Waals surface area contributed by atoms with Crippen LogP contribution in [0.15, 0.2) is 28.7 Å². The van der Waals surface area contributed by atoms with Gasteiger partial charge >= 0.3 is 0 Å². The zero-order valence-corrected chi connectivity index (χ0v) is 9.65. The van der Waals surface area contributed by atoms with Crippen LogP contribution in [0.2, 0.25) is 0 Å². The Morgan fingerprint density at radius 3 is 2.29 bits per heavy atom. The molecule has 0 aliphatic carbocycles. The van der Waals surface area contributed by atoms with Gasteiger partial charge in [-0.15, -0.1) is 0 Å². The van der Waals surface area contributed by atoms with Gasteiger partial charge in [-0.3, -0.25) is 0 Å². The van der Waals surface area contributed by atoms with E-state index in [9.17, 15) is 8.78 Å². The molecule has 0 saturated carbocycles. The number of halogens is 3. The maximum atomic E-state index is 13.5. The van der Waals surface area contributed by atoms with Crippen molar-refractivity contribution in [1.29, 1.82) is 0 Å². The number of hydrogen-bond acceptors (Lipinski definition) is 0. The van der Waals surface area contributed by atoms with E-state index in [4.69, 9.17) is 0 Å². The van der Waals surface area contributed by atoms with Crippen LogP contribution < -0.4 is 0 Å². The third-order valence-electron chi connectivity index (χ3n) is 2.11. The minimum absolute atomic E-state index is 0.0644. The topological polar surface area (TPSA) is 0 Å². The molecular formula is C11H13BrF2. The first-order valence-corrected chi connectivity index (χ1v) is 5.49. The smallest absolute Gasteiger partial charge is 0.201 e. The Kier molecular flexibility index (Phi) is 4.05. The molecule has 0 spiro atoms. The molecule has 3 heteroatoms. The van der Waals surface area contributed by atoms with E-state index in [2.05, 4.69) is 15.9 Å². The van der Waals surface area contributed by atoms with Gasteiger partial charge in [0.05, 0.1) is 0 Å². The summed E-state index contributed by atoms with van der Waals surface area (Å²) in [5.41, 5.74) is 0.106. The van der Waals surface area contributed by atoms with Crippen LogP contribution in [-0.4, -0.2) is 0 Å². The Balaban J connectivity index is 2.75. The molecule has 0 saturated heterocycles. The van der Waals surface area contributed by atoms with E-state index in [-0.39, 0.29) is 12.0 Å². The molecule has 0 unspecified atom stereocenters. The van der Waals surface area contributed by atoms with Crippen LogP contribution in [0.5, 0.6) is 0 Å². The van der Waals surface area contributed by atoms with Crippen LogP contribution in [0.1, 0.15) is 31.7 Å². The summed E-state index contributed by atoms with van der Waals surface area (Å²) in [6.45, 7) is 1.91. The molecule has 1 aromatic rings. The van der Waals surface area contributed by atoms with Crippen molar-refractivity contribution in [2.75, 3.05) is 0 Å². The van der Waals surface area contributed by atoms with Crippen molar-refractivity contribution in [3.63, 3.8) is 0 Å². The number of hydrogen-bond donors (Lipinski definition) is 0. The van der Waals surface area contributed by atoms with Gasteiger partial charge in [-0.05, 0) is 18.6 Å². The zero-order chi connectivity index (χ0) is 10.6. The molecule has 0 N–H and O–H groups in total. The van der Waals surface area contributed by atoms with E-state index in [1.807, 2.05) is 6.92 Å². The summed E-state index contributed by atoms with van der Waals surface area (Å²) >= 11 is 3.22. The Morgan fingerprint density at radius 1 is 1.21 bits per heavy atom. The predicted octanol–water partition coefficient (Wildman–Crippen LogP) is 4.73. The predicted molar refractivity (Wildman–Crippen MR) is 57.6 cm³/mol. The van der Waals surface area contributed by atoms with Gasteiger partial charge < -0.3 is 0 Å². The van der Waals surface area contributed by atoms with Gasteiger partial charge in [0.15, 0.2) is 0 Å². The molecule has 0 bridgehead atoms. The van der Waals surface area contributed by atoms with E-state index in [0.29, 0.717) is 6.42 Å². The lowest BCUT2D eigenvalue weighted by Crippen LogP contribution is -2.12. The summed E-state index contributed by atoms with van der Waals surface area (Å²) in [7, 11) is 0. The Morgan fingerprint density at radius 2 is 1.79 bits per heavy atom. The van der Waals surface area contributed by atoms with Crippen LogP contribution in [-0.2, 0) is 5.92 Å². The van der Waals surface area contributed by atoms with Crippen LogP contribution in [0, 0.1) is 0 Å². The third kappa shape index (κ3) is 3.05. The van der Waals surface area contributed by atoms with Gasteiger partial charge in [0.2, 0.25) is 0 Å². The highest BCUT2D eigenvalue weighted by atomic mass is 79.9. The van der Waals surface area contributed by atoms with Crippen molar-refractivity contribution < 1.29 is 8.78 Å². The Bertz CT molecular complexity index is 280. The number of alkyl halides is 2. The fourth-order valence-corrected chi connectivity index (χ4v) is 1.50.